The molecule has 0 unspecified atom stereocenters. The van der Waals surface area contributed by atoms with Crippen molar-refractivity contribution in [2.24, 2.45) is 0 Å². The highest BCUT2D eigenvalue weighted by Crippen LogP contribution is 2.25. The molecule has 5 nitrogen and oxygen atoms in total. The number of aromatic amines is 1. The number of H-pyrrole nitrogens is 1. The maximum atomic E-state index is 12.1. The average Bonchev–Trinajstić information content (AvgIpc) is 2.74. The number of hydrogen-bond donors (Lipinski definition) is 1. The van der Waals surface area contributed by atoms with E-state index in [1.54, 1.807) is 24.7 Å². The summed E-state index contributed by atoms with van der Waals surface area (Å²) in [6, 6.07) is 3.66. The molecule has 3 aromatic heterocycles. The SMILES string of the molecule is CC(C)(C)OC(=O)c1cc2c(cn1)[nH]c1cnccc12. The smallest absolute Gasteiger partial charge is 0.357 e. The lowest BCUT2D eigenvalue weighted by Gasteiger charge is -2.18. The second-order valence-corrected chi connectivity index (χ2v) is 5.66. The summed E-state index contributed by atoms with van der Waals surface area (Å²) >= 11 is 0. The minimum absolute atomic E-state index is 0.310. The summed E-state index contributed by atoms with van der Waals surface area (Å²) in [7, 11) is 0. The highest BCUT2D eigenvalue weighted by atomic mass is 16.6. The zero-order valence-corrected chi connectivity index (χ0v) is 11.6. The molecular formula is C15H15N3O2. The van der Waals surface area contributed by atoms with Crippen LogP contribution in [0.25, 0.3) is 21.8 Å². The fraction of sp³-hybridized carbons (Fsp3) is 0.267. The number of fused-ring (bicyclic) bond motifs is 3. The monoisotopic (exact) mass is 269 g/mol. The molecule has 0 amide bonds. The van der Waals surface area contributed by atoms with Crippen LogP contribution in [0.2, 0.25) is 0 Å². The maximum absolute atomic E-state index is 12.1. The number of carbonyl (C=O) groups is 1. The van der Waals surface area contributed by atoms with E-state index in [4.69, 9.17) is 4.74 Å². The van der Waals surface area contributed by atoms with Crippen LogP contribution < -0.4 is 0 Å². The first-order chi connectivity index (χ1) is 9.44. The van der Waals surface area contributed by atoms with Gasteiger partial charge < -0.3 is 9.72 Å². The Kier molecular flexibility index (Phi) is 2.71. The Morgan fingerprint density at radius 1 is 1.20 bits per heavy atom. The van der Waals surface area contributed by atoms with Crippen LogP contribution in [0.5, 0.6) is 0 Å². The number of rotatable bonds is 1. The Morgan fingerprint density at radius 2 is 1.95 bits per heavy atom. The minimum Gasteiger partial charge on any atom is -0.455 e. The van der Waals surface area contributed by atoms with Crippen molar-refractivity contribution in [2.45, 2.75) is 26.4 Å². The first kappa shape index (κ1) is 12.6. The van der Waals surface area contributed by atoms with Gasteiger partial charge in [-0.15, -0.1) is 0 Å². The maximum Gasteiger partial charge on any atom is 0.357 e. The zero-order chi connectivity index (χ0) is 14.3. The van der Waals surface area contributed by atoms with Gasteiger partial charge in [0.15, 0.2) is 0 Å². The van der Waals surface area contributed by atoms with Gasteiger partial charge in [0.25, 0.3) is 0 Å². The predicted octanol–water partition coefficient (Wildman–Crippen LogP) is 3.07. The van der Waals surface area contributed by atoms with Crippen LogP contribution in [-0.2, 0) is 4.74 Å². The van der Waals surface area contributed by atoms with Crippen LogP contribution >= 0.6 is 0 Å². The van der Waals surface area contributed by atoms with E-state index in [0.717, 1.165) is 21.8 Å². The third-order valence-corrected chi connectivity index (χ3v) is 2.89. The molecule has 5 heteroatoms. The van der Waals surface area contributed by atoms with E-state index >= 15 is 0 Å². The van der Waals surface area contributed by atoms with Crippen molar-refractivity contribution < 1.29 is 9.53 Å². The molecule has 0 atom stereocenters. The lowest BCUT2D eigenvalue weighted by Crippen LogP contribution is -2.24. The van der Waals surface area contributed by atoms with Gasteiger partial charge in [-0.2, -0.15) is 0 Å². The van der Waals surface area contributed by atoms with Crippen molar-refractivity contribution >= 4 is 27.8 Å². The molecule has 3 aromatic rings. The fourth-order valence-electron chi connectivity index (χ4n) is 2.09. The molecular weight excluding hydrogens is 254 g/mol. The number of nitrogens with one attached hydrogen (secondary N) is 1. The Morgan fingerprint density at radius 3 is 2.70 bits per heavy atom. The van der Waals surface area contributed by atoms with Crippen LogP contribution in [0, 0.1) is 0 Å². The molecule has 0 fully saturated rings. The third-order valence-electron chi connectivity index (χ3n) is 2.89. The van der Waals surface area contributed by atoms with E-state index < -0.39 is 11.6 Å². The van der Waals surface area contributed by atoms with Crippen LogP contribution in [0.4, 0.5) is 0 Å². The van der Waals surface area contributed by atoms with Crippen molar-refractivity contribution in [1.29, 1.82) is 0 Å². The number of aromatic nitrogens is 3. The van der Waals surface area contributed by atoms with Gasteiger partial charge in [-0.05, 0) is 32.9 Å². The van der Waals surface area contributed by atoms with Crippen molar-refractivity contribution in [3.8, 4) is 0 Å². The van der Waals surface area contributed by atoms with Crippen molar-refractivity contribution in [1.82, 2.24) is 15.0 Å². The van der Waals surface area contributed by atoms with Gasteiger partial charge in [-0.1, -0.05) is 0 Å². The lowest BCUT2D eigenvalue weighted by molar-refractivity contribution is 0.00631. The lowest BCUT2D eigenvalue weighted by atomic mass is 10.2. The Balaban J connectivity index is 2.10. The summed E-state index contributed by atoms with van der Waals surface area (Å²) in [6.07, 6.45) is 5.13. The Labute approximate surface area is 116 Å². The molecule has 0 saturated heterocycles. The van der Waals surface area contributed by atoms with Gasteiger partial charge in [-0.3, -0.25) is 4.98 Å². The van der Waals surface area contributed by atoms with Gasteiger partial charge in [-0.25, -0.2) is 9.78 Å². The predicted molar refractivity (Wildman–Crippen MR) is 76.6 cm³/mol. The second-order valence-electron chi connectivity index (χ2n) is 5.66. The standard InChI is InChI=1S/C15H15N3O2/c1-15(2,3)20-14(19)11-6-10-9-4-5-16-7-12(9)18-13(10)8-17-11/h4-8,18H,1-3H3. The molecule has 0 aliphatic heterocycles. The van der Waals surface area contributed by atoms with Crippen molar-refractivity contribution in [2.75, 3.05) is 0 Å². The molecule has 102 valence electrons. The van der Waals surface area contributed by atoms with Gasteiger partial charge >= 0.3 is 5.97 Å². The molecule has 0 spiro atoms. The topological polar surface area (TPSA) is 67.9 Å². The summed E-state index contributed by atoms with van der Waals surface area (Å²) in [5, 5.41) is 1.96. The van der Waals surface area contributed by atoms with Gasteiger partial charge in [0.1, 0.15) is 11.3 Å². The number of nitrogens with zero attached hydrogens (tertiary/aromatic N) is 2. The molecule has 0 aliphatic carbocycles. The summed E-state index contributed by atoms with van der Waals surface area (Å²) in [6.45, 7) is 5.50. The molecule has 0 saturated carbocycles. The third kappa shape index (κ3) is 2.22. The summed E-state index contributed by atoms with van der Waals surface area (Å²) in [5.74, 6) is -0.414. The molecule has 0 bridgehead atoms. The van der Waals surface area contributed by atoms with E-state index in [9.17, 15) is 4.79 Å². The molecule has 0 aromatic carbocycles. The van der Waals surface area contributed by atoms with Crippen LogP contribution in [-0.4, -0.2) is 26.5 Å². The summed E-state index contributed by atoms with van der Waals surface area (Å²) in [5.41, 5.74) is 1.58. The number of ether oxygens (including phenoxy) is 1. The molecule has 1 N–H and O–H groups in total. The normalized spacial score (nSPS) is 11.9. The first-order valence-corrected chi connectivity index (χ1v) is 6.39. The number of pyridine rings is 2. The van der Waals surface area contributed by atoms with E-state index in [-0.39, 0.29) is 0 Å². The van der Waals surface area contributed by atoms with Crippen molar-refractivity contribution in [3.05, 3.63) is 36.4 Å². The van der Waals surface area contributed by atoms with Crippen LogP contribution in [0.1, 0.15) is 31.3 Å². The average molecular weight is 269 g/mol. The molecule has 0 aliphatic rings. The molecule has 3 heterocycles. The number of carbonyl (C=O) groups excluding carboxylic acids is 1. The number of esters is 1. The first-order valence-electron chi connectivity index (χ1n) is 6.39. The van der Waals surface area contributed by atoms with Crippen molar-refractivity contribution in [3.63, 3.8) is 0 Å². The van der Waals surface area contributed by atoms with Gasteiger partial charge in [0.2, 0.25) is 0 Å². The summed E-state index contributed by atoms with van der Waals surface area (Å²) < 4.78 is 5.34. The van der Waals surface area contributed by atoms with E-state index in [0.29, 0.717) is 5.69 Å². The van der Waals surface area contributed by atoms with E-state index in [1.165, 1.54) is 0 Å². The van der Waals surface area contributed by atoms with Crippen LogP contribution in [0.3, 0.4) is 0 Å². The zero-order valence-electron chi connectivity index (χ0n) is 11.6. The highest BCUT2D eigenvalue weighted by Gasteiger charge is 2.19. The quantitative estimate of drug-likeness (QED) is 0.689. The largest absolute Gasteiger partial charge is 0.455 e. The van der Waals surface area contributed by atoms with E-state index in [1.807, 2.05) is 26.8 Å². The molecule has 20 heavy (non-hydrogen) atoms. The van der Waals surface area contributed by atoms with Crippen LogP contribution in [0.15, 0.2) is 30.7 Å². The highest BCUT2D eigenvalue weighted by molar-refractivity contribution is 6.08. The van der Waals surface area contributed by atoms with E-state index in [2.05, 4.69) is 15.0 Å². The number of hydrogen-bond acceptors (Lipinski definition) is 4. The second kappa shape index (κ2) is 4.30. The van der Waals surface area contributed by atoms with Gasteiger partial charge in [0.05, 0.1) is 23.4 Å². The fourth-order valence-corrected chi connectivity index (χ4v) is 2.09. The molecule has 3 rings (SSSR count). The minimum atomic E-state index is -0.530. The Hall–Kier alpha value is -2.43. The summed E-state index contributed by atoms with van der Waals surface area (Å²) in [4.78, 5) is 23.5. The van der Waals surface area contributed by atoms with Gasteiger partial charge in [0, 0.05) is 17.0 Å². The molecule has 0 radical (unpaired) electrons. The Bertz CT molecular complexity index is 800.